The van der Waals surface area contributed by atoms with Crippen LogP contribution >= 0.6 is 0 Å². The van der Waals surface area contributed by atoms with E-state index >= 15 is 0 Å². The maximum absolute atomic E-state index is 5.80. The molecule has 104 valence electrons. The van der Waals surface area contributed by atoms with Gasteiger partial charge in [-0.3, -0.25) is 4.90 Å². The Kier molecular flexibility index (Phi) is 2.65. The van der Waals surface area contributed by atoms with Crippen molar-refractivity contribution >= 4 is 0 Å². The molecule has 0 bridgehead atoms. The van der Waals surface area contributed by atoms with E-state index in [2.05, 4.69) is 15.2 Å². The van der Waals surface area contributed by atoms with Crippen LogP contribution in [0.2, 0.25) is 0 Å². The third kappa shape index (κ3) is 1.74. The van der Waals surface area contributed by atoms with Crippen LogP contribution in [0.4, 0.5) is 0 Å². The Labute approximate surface area is 112 Å². The second-order valence-corrected chi connectivity index (χ2v) is 5.78. The molecule has 0 unspecified atom stereocenters. The van der Waals surface area contributed by atoms with Crippen LogP contribution in [0.5, 0.6) is 0 Å². The molecule has 3 fully saturated rings. The number of nitrogens with zero attached hydrogens (tertiary/aromatic N) is 4. The van der Waals surface area contributed by atoms with Crippen molar-refractivity contribution in [1.29, 1.82) is 0 Å². The third-order valence-corrected chi connectivity index (χ3v) is 4.93. The predicted molar refractivity (Wildman–Crippen MR) is 67.3 cm³/mol. The molecule has 1 saturated carbocycles. The summed E-state index contributed by atoms with van der Waals surface area (Å²) in [6.07, 6.45) is 9.30. The molecule has 0 atom stereocenters. The number of hydrogen-bond acceptors (Lipinski definition) is 5. The van der Waals surface area contributed by atoms with Crippen LogP contribution in [0.3, 0.4) is 0 Å². The molecule has 1 aromatic heterocycles. The molecule has 1 spiro atoms. The van der Waals surface area contributed by atoms with Crippen LogP contribution in [-0.2, 0) is 15.1 Å². The van der Waals surface area contributed by atoms with Crippen molar-refractivity contribution in [3.05, 3.63) is 12.4 Å². The molecule has 3 aliphatic rings. The number of likely N-dealkylation sites (tertiary alicyclic amines) is 1. The van der Waals surface area contributed by atoms with Gasteiger partial charge in [-0.1, -0.05) is 5.21 Å². The maximum Gasteiger partial charge on any atom is 0.170 e. The smallest absolute Gasteiger partial charge is 0.170 e. The van der Waals surface area contributed by atoms with Crippen LogP contribution in [0.25, 0.3) is 0 Å². The molecule has 6 nitrogen and oxygen atoms in total. The Balaban J connectivity index is 1.51. The molecule has 0 amide bonds. The summed E-state index contributed by atoms with van der Waals surface area (Å²) in [6, 6.07) is 0. The highest BCUT2D eigenvalue weighted by Gasteiger charge is 2.49. The van der Waals surface area contributed by atoms with Gasteiger partial charge in [-0.2, -0.15) is 0 Å². The molecule has 1 aromatic rings. The Bertz CT molecular complexity index is 428. The third-order valence-electron chi connectivity index (χ3n) is 4.93. The topological polar surface area (TPSA) is 52.4 Å². The summed E-state index contributed by atoms with van der Waals surface area (Å²) in [5.41, 5.74) is 0.0662. The maximum atomic E-state index is 5.80. The molecule has 0 radical (unpaired) electrons. The first kappa shape index (κ1) is 11.8. The highest BCUT2D eigenvalue weighted by atomic mass is 16.7. The lowest BCUT2D eigenvalue weighted by atomic mass is 9.81. The first-order valence-corrected chi connectivity index (χ1v) is 7.23. The summed E-state index contributed by atoms with van der Waals surface area (Å²) in [7, 11) is 0. The highest BCUT2D eigenvalue weighted by molar-refractivity contribution is 4.97. The lowest BCUT2D eigenvalue weighted by Gasteiger charge is -2.53. The summed E-state index contributed by atoms with van der Waals surface area (Å²) >= 11 is 0. The minimum absolute atomic E-state index is 0.0662. The van der Waals surface area contributed by atoms with Crippen LogP contribution in [0.15, 0.2) is 12.4 Å². The molecule has 19 heavy (non-hydrogen) atoms. The summed E-state index contributed by atoms with van der Waals surface area (Å²) < 4.78 is 13.6. The Morgan fingerprint density at radius 3 is 2.26 bits per heavy atom. The van der Waals surface area contributed by atoms with Crippen LogP contribution in [-0.4, -0.2) is 52.0 Å². The molecule has 6 heteroatoms. The van der Waals surface area contributed by atoms with Crippen LogP contribution < -0.4 is 0 Å². The van der Waals surface area contributed by atoms with Gasteiger partial charge in [0.15, 0.2) is 5.79 Å². The van der Waals surface area contributed by atoms with Gasteiger partial charge in [-0.05, 0) is 19.3 Å². The average Bonchev–Trinajstić information content (AvgIpc) is 3.03. The first-order chi connectivity index (χ1) is 9.33. The molecule has 1 aliphatic carbocycles. The predicted octanol–water partition coefficient (Wildman–Crippen LogP) is 0.954. The minimum atomic E-state index is -0.288. The summed E-state index contributed by atoms with van der Waals surface area (Å²) in [6.45, 7) is 3.52. The van der Waals surface area contributed by atoms with E-state index in [1.54, 1.807) is 6.20 Å². The fraction of sp³-hybridized carbons (Fsp3) is 0.846. The fourth-order valence-corrected chi connectivity index (χ4v) is 3.66. The quantitative estimate of drug-likeness (QED) is 0.796. The monoisotopic (exact) mass is 264 g/mol. The Morgan fingerprint density at radius 1 is 1.00 bits per heavy atom. The van der Waals surface area contributed by atoms with E-state index in [4.69, 9.17) is 9.47 Å². The van der Waals surface area contributed by atoms with Gasteiger partial charge in [0.25, 0.3) is 0 Å². The summed E-state index contributed by atoms with van der Waals surface area (Å²) in [5, 5.41) is 8.21. The van der Waals surface area contributed by atoms with Crippen molar-refractivity contribution in [3.63, 3.8) is 0 Å². The second kappa shape index (κ2) is 4.26. The van der Waals surface area contributed by atoms with Gasteiger partial charge in [0.1, 0.15) is 5.66 Å². The average molecular weight is 264 g/mol. The second-order valence-electron chi connectivity index (χ2n) is 5.78. The van der Waals surface area contributed by atoms with E-state index in [0.717, 1.165) is 39.1 Å². The van der Waals surface area contributed by atoms with Gasteiger partial charge in [0, 0.05) is 32.1 Å². The molecule has 2 aliphatic heterocycles. The number of ether oxygens (including phenoxy) is 2. The SMILES string of the molecule is c1cn(C2(N3CCC4(CC3)OCCO4)CCC2)nn1. The number of rotatable bonds is 2. The van der Waals surface area contributed by atoms with Gasteiger partial charge in [-0.15, -0.1) is 5.10 Å². The van der Waals surface area contributed by atoms with E-state index in [1.165, 1.54) is 19.3 Å². The van der Waals surface area contributed by atoms with E-state index in [0.29, 0.717) is 0 Å². The summed E-state index contributed by atoms with van der Waals surface area (Å²) in [4.78, 5) is 2.54. The number of piperidine rings is 1. The lowest BCUT2D eigenvalue weighted by molar-refractivity contribution is -0.206. The van der Waals surface area contributed by atoms with Gasteiger partial charge in [-0.25, -0.2) is 4.68 Å². The Hall–Kier alpha value is -0.980. The zero-order valence-corrected chi connectivity index (χ0v) is 11.1. The normalized spacial score (nSPS) is 29.5. The van der Waals surface area contributed by atoms with Crippen molar-refractivity contribution in [2.75, 3.05) is 26.3 Å². The standard InChI is InChI=1S/C13H20N4O2/c1-2-12(3-1,17-9-6-14-15-17)16-7-4-13(5-8-16)18-10-11-19-13/h6,9H,1-5,7-8,10-11H2. The highest BCUT2D eigenvalue weighted by Crippen LogP contribution is 2.44. The van der Waals surface area contributed by atoms with Crippen molar-refractivity contribution in [3.8, 4) is 0 Å². The van der Waals surface area contributed by atoms with Crippen molar-refractivity contribution < 1.29 is 9.47 Å². The largest absolute Gasteiger partial charge is 0.347 e. The van der Waals surface area contributed by atoms with E-state index in [-0.39, 0.29) is 11.4 Å². The van der Waals surface area contributed by atoms with Gasteiger partial charge in [0.2, 0.25) is 0 Å². The van der Waals surface area contributed by atoms with Gasteiger partial charge < -0.3 is 9.47 Å². The van der Waals surface area contributed by atoms with Crippen molar-refractivity contribution in [2.24, 2.45) is 0 Å². The van der Waals surface area contributed by atoms with Crippen molar-refractivity contribution in [2.45, 2.75) is 43.6 Å². The van der Waals surface area contributed by atoms with Crippen molar-refractivity contribution in [1.82, 2.24) is 19.9 Å². The van der Waals surface area contributed by atoms with Gasteiger partial charge in [0.05, 0.1) is 19.4 Å². The van der Waals surface area contributed by atoms with E-state index < -0.39 is 0 Å². The fourth-order valence-electron chi connectivity index (χ4n) is 3.66. The molecule has 2 saturated heterocycles. The summed E-state index contributed by atoms with van der Waals surface area (Å²) in [5.74, 6) is -0.288. The van der Waals surface area contributed by atoms with Crippen LogP contribution in [0.1, 0.15) is 32.1 Å². The molecule has 4 rings (SSSR count). The lowest BCUT2D eigenvalue weighted by Crippen LogP contribution is -2.60. The molecule has 0 N–H and O–H groups in total. The molecular weight excluding hydrogens is 244 g/mol. The zero-order chi connectivity index (χ0) is 12.8. The van der Waals surface area contributed by atoms with E-state index in [9.17, 15) is 0 Å². The number of aromatic nitrogens is 3. The zero-order valence-electron chi connectivity index (χ0n) is 11.1. The Morgan fingerprint density at radius 2 is 1.74 bits per heavy atom. The minimum Gasteiger partial charge on any atom is -0.347 e. The molecular formula is C13H20N4O2. The molecule has 3 heterocycles. The molecule has 0 aromatic carbocycles. The van der Waals surface area contributed by atoms with Crippen LogP contribution in [0, 0.1) is 0 Å². The van der Waals surface area contributed by atoms with E-state index in [1.807, 2.05) is 10.9 Å². The van der Waals surface area contributed by atoms with Gasteiger partial charge >= 0.3 is 0 Å². The first-order valence-electron chi connectivity index (χ1n) is 7.23. The number of hydrogen-bond donors (Lipinski definition) is 0.